The van der Waals surface area contributed by atoms with Crippen LogP contribution in [-0.2, 0) is 27.1 Å². The molecule has 0 spiro atoms. The van der Waals surface area contributed by atoms with Crippen LogP contribution in [0.15, 0.2) is 71.5 Å². The van der Waals surface area contributed by atoms with Crippen molar-refractivity contribution in [1.82, 2.24) is 9.88 Å². The number of nitrogens with zero attached hydrogens (tertiary/aromatic N) is 1. The fraction of sp³-hybridized carbons (Fsp3) is 0.441. The van der Waals surface area contributed by atoms with Gasteiger partial charge in [0.15, 0.2) is 14.4 Å². The number of benzene rings is 2. The van der Waals surface area contributed by atoms with Gasteiger partial charge in [0.05, 0.1) is 6.04 Å². The topological polar surface area (TPSA) is 98.7 Å². The summed E-state index contributed by atoms with van der Waals surface area (Å²) in [6.45, 7) is 13.1. The summed E-state index contributed by atoms with van der Waals surface area (Å²) in [6.07, 6.45) is -7.88. The predicted octanol–water partition coefficient (Wildman–Crippen LogP) is 7.67. The lowest BCUT2D eigenvalue weighted by molar-refractivity contribution is -0.210. The van der Waals surface area contributed by atoms with Gasteiger partial charge in [0.25, 0.3) is 5.56 Å². The number of anilines is 1. The molecule has 0 aliphatic rings. The van der Waals surface area contributed by atoms with Crippen molar-refractivity contribution in [2.45, 2.75) is 91.1 Å². The van der Waals surface area contributed by atoms with Crippen molar-refractivity contribution >= 4 is 26.0 Å². The molecule has 3 aromatic rings. The maximum atomic E-state index is 14.5. The molecule has 0 aliphatic carbocycles. The van der Waals surface area contributed by atoms with Gasteiger partial charge in [-0.05, 0) is 48.2 Å². The third-order valence-corrected chi connectivity index (χ3v) is 12.8. The van der Waals surface area contributed by atoms with E-state index < -0.39 is 61.7 Å². The summed E-state index contributed by atoms with van der Waals surface area (Å²) in [6, 6.07) is 18.1. The summed E-state index contributed by atoms with van der Waals surface area (Å²) in [5.74, 6) is -1.45. The van der Waals surface area contributed by atoms with Crippen LogP contribution in [0.3, 0.4) is 0 Å². The van der Waals surface area contributed by atoms with Crippen LogP contribution in [-0.4, -0.2) is 43.2 Å². The van der Waals surface area contributed by atoms with E-state index >= 15 is 0 Å². The van der Waals surface area contributed by atoms with E-state index in [1.165, 1.54) is 6.07 Å². The Bertz CT molecular complexity index is 1550. The van der Waals surface area contributed by atoms with E-state index in [4.69, 9.17) is 9.16 Å². The molecule has 3 rings (SSSR count). The molecule has 2 unspecified atom stereocenters. The number of nitrogens with one attached hydrogen (secondary N) is 2. The highest BCUT2D eigenvalue weighted by molar-refractivity contribution is 6.74. The molecule has 12 heteroatoms. The van der Waals surface area contributed by atoms with Crippen LogP contribution in [0.4, 0.5) is 23.7 Å². The Morgan fingerprint density at radius 2 is 1.52 bits per heavy atom. The Kier molecular flexibility index (Phi) is 11.7. The Balaban J connectivity index is 1.96. The summed E-state index contributed by atoms with van der Waals surface area (Å²) in [5, 5.41) is 4.50. The first-order chi connectivity index (χ1) is 21.3. The molecule has 0 fully saturated rings. The van der Waals surface area contributed by atoms with Gasteiger partial charge >= 0.3 is 12.3 Å². The number of halogens is 3. The Morgan fingerprint density at radius 1 is 0.957 bits per heavy atom. The zero-order valence-corrected chi connectivity index (χ0v) is 28.6. The molecular weight excluding hydrogens is 615 g/mol. The van der Waals surface area contributed by atoms with Gasteiger partial charge < -0.3 is 19.0 Å². The van der Waals surface area contributed by atoms with E-state index in [1.807, 2.05) is 32.9 Å². The van der Waals surface area contributed by atoms with Crippen molar-refractivity contribution < 1.29 is 31.9 Å². The normalized spacial score (nSPS) is 13.7. The summed E-state index contributed by atoms with van der Waals surface area (Å²) in [7, 11) is -2.90. The average Bonchev–Trinajstić information content (AvgIpc) is 2.97. The SMILES string of the molecule is Cc1c(-c2ccccc2)cc(NC(=O)OCc2ccccc2)c(=O)n1CC(=O)NC(C(C)C)C(O[Si](C)(C)C(C)(C)C)C(F)(F)F. The lowest BCUT2D eigenvalue weighted by Crippen LogP contribution is -2.59. The van der Waals surface area contributed by atoms with Crippen molar-refractivity contribution in [3.05, 3.63) is 88.3 Å². The largest absolute Gasteiger partial charge is 0.444 e. The van der Waals surface area contributed by atoms with Gasteiger partial charge in [0.1, 0.15) is 18.8 Å². The number of ether oxygens (including phenoxy) is 1. The van der Waals surface area contributed by atoms with Gasteiger partial charge in [0.2, 0.25) is 5.91 Å². The molecule has 46 heavy (non-hydrogen) atoms. The van der Waals surface area contributed by atoms with Crippen LogP contribution in [0.25, 0.3) is 11.1 Å². The van der Waals surface area contributed by atoms with Crippen molar-refractivity contribution in [3.63, 3.8) is 0 Å². The Morgan fingerprint density at radius 3 is 2.04 bits per heavy atom. The third-order valence-electron chi connectivity index (χ3n) is 8.32. The first-order valence-electron chi connectivity index (χ1n) is 15.1. The molecule has 1 aromatic heterocycles. The molecular formula is C34H44F3N3O5Si. The number of hydrogen-bond donors (Lipinski definition) is 2. The van der Waals surface area contributed by atoms with Gasteiger partial charge in [-0.15, -0.1) is 0 Å². The number of rotatable bonds is 11. The second-order valence-electron chi connectivity index (χ2n) is 13.2. The van der Waals surface area contributed by atoms with Crippen LogP contribution >= 0.6 is 0 Å². The number of aromatic nitrogens is 1. The molecule has 2 aromatic carbocycles. The van der Waals surface area contributed by atoms with Gasteiger partial charge in [-0.2, -0.15) is 13.2 Å². The highest BCUT2D eigenvalue weighted by Crippen LogP contribution is 2.41. The van der Waals surface area contributed by atoms with Crippen molar-refractivity contribution in [2.24, 2.45) is 5.92 Å². The molecule has 250 valence electrons. The van der Waals surface area contributed by atoms with E-state index in [2.05, 4.69) is 10.6 Å². The minimum absolute atomic E-state index is 0.0332. The molecule has 2 N–H and O–H groups in total. The summed E-state index contributed by atoms with van der Waals surface area (Å²) in [4.78, 5) is 39.8. The minimum atomic E-state index is -4.76. The van der Waals surface area contributed by atoms with Crippen LogP contribution in [0.2, 0.25) is 18.1 Å². The van der Waals surface area contributed by atoms with E-state index in [0.29, 0.717) is 16.8 Å². The Hall–Kier alpha value is -3.90. The van der Waals surface area contributed by atoms with E-state index in [1.54, 1.807) is 82.4 Å². The summed E-state index contributed by atoms with van der Waals surface area (Å²) >= 11 is 0. The monoisotopic (exact) mass is 659 g/mol. The second-order valence-corrected chi connectivity index (χ2v) is 17.9. The maximum Gasteiger partial charge on any atom is 0.415 e. The van der Waals surface area contributed by atoms with E-state index in [0.717, 1.165) is 10.1 Å². The van der Waals surface area contributed by atoms with Crippen LogP contribution < -0.4 is 16.2 Å². The molecule has 1 heterocycles. The lowest BCUT2D eigenvalue weighted by atomic mass is 9.98. The van der Waals surface area contributed by atoms with Crippen LogP contribution in [0.5, 0.6) is 0 Å². The van der Waals surface area contributed by atoms with Crippen LogP contribution in [0, 0.1) is 12.8 Å². The van der Waals surface area contributed by atoms with E-state index in [9.17, 15) is 27.6 Å². The minimum Gasteiger partial charge on any atom is -0.444 e. The van der Waals surface area contributed by atoms with Crippen molar-refractivity contribution in [1.29, 1.82) is 0 Å². The van der Waals surface area contributed by atoms with Gasteiger partial charge in [-0.3, -0.25) is 14.9 Å². The number of alkyl halides is 3. The smallest absolute Gasteiger partial charge is 0.415 e. The molecule has 0 saturated heterocycles. The van der Waals surface area contributed by atoms with E-state index in [-0.39, 0.29) is 12.3 Å². The van der Waals surface area contributed by atoms with Crippen molar-refractivity contribution in [3.8, 4) is 11.1 Å². The standard InChI is InChI=1S/C34H44F3N3O5Si/c1-22(2)29(30(34(35,36)37)45-46(7,8)33(4,5)6)39-28(41)20-40-23(3)26(25-17-13-10-14-18-25)19-27(31(40)42)38-32(43)44-21-24-15-11-9-12-16-24/h9-19,22,29-30H,20-21H2,1-8H3,(H,38,43)(H,39,41). The van der Waals surface area contributed by atoms with Crippen molar-refractivity contribution in [2.75, 3.05) is 5.32 Å². The molecule has 0 saturated carbocycles. The summed E-state index contributed by atoms with van der Waals surface area (Å²) in [5.41, 5.74) is 1.52. The number of carbonyl (C=O) groups is 2. The predicted molar refractivity (Wildman–Crippen MR) is 176 cm³/mol. The third kappa shape index (κ3) is 9.32. The fourth-order valence-corrected chi connectivity index (χ4v) is 5.89. The second kappa shape index (κ2) is 14.7. The molecule has 0 aliphatic heterocycles. The Labute approximate surface area is 269 Å². The lowest BCUT2D eigenvalue weighted by Gasteiger charge is -2.42. The van der Waals surface area contributed by atoms with Gasteiger partial charge in [-0.1, -0.05) is 95.3 Å². The van der Waals surface area contributed by atoms with Crippen LogP contribution in [0.1, 0.15) is 45.9 Å². The fourth-order valence-electron chi connectivity index (χ4n) is 4.62. The van der Waals surface area contributed by atoms with Gasteiger partial charge in [0, 0.05) is 11.3 Å². The highest BCUT2D eigenvalue weighted by Gasteiger charge is 2.52. The molecule has 0 bridgehead atoms. The number of amides is 2. The highest BCUT2D eigenvalue weighted by atomic mass is 28.4. The average molecular weight is 660 g/mol. The number of carbonyl (C=O) groups excluding carboxylic acids is 2. The maximum absolute atomic E-state index is 14.5. The molecule has 0 radical (unpaired) electrons. The summed E-state index contributed by atoms with van der Waals surface area (Å²) < 4.78 is 55.7. The zero-order chi connectivity index (χ0) is 34.4. The molecule has 8 nitrogen and oxygen atoms in total. The quantitative estimate of drug-likeness (QED) is 0.206. The van der Waals surface area contributed by atoms with Gasteiger partial charge in [-0.25, -0.2) is 4.79 Å². The molecule has 2 atom stereocenters. The number of hydrogen-bond acceptors (Lipinski definition) is 5. The number of pyridine rings is 1. The zero-order valence-electron chi connectivity index (χ0n) is 27.6. The first kappa shape index (κ1) is 36.6. The molecule has 2 amide bonds. The first-order valence-corrected chi connectivity index (χ1v) is 18.0.